The number of hydrogen-bond acceptors (Lipinski definition) is 14. The van der Waals surface area contributed by atoms with Gasteiger partial charge in [-0.15, -0.1) is 0 Å². The molecule has 1 saturated carbocycles. The fraction of sp³-hybridized carbons (Fsp3) is 0.434. The van der Waals surface area contributed by atoms with E-state index < -0.39 is 59.4 Å². The van der Waals surface area contributed by atoms with Gasteiger partial charge in [0.15, 0.2) is 23.0 Å². The number of unbranched alkanes of at least 4 members (excludes halogenated alkanes) is 2. The van der Waals surface area contributed by atoms with E-state index in [1.807, 2.05) is 0 Å². The largest absolute Gasteiger partial charge is 0.493 e. The zero-order chi connectivity index (χ0) is 53.6. The summed E-state index contributed by atoms with van der Waals surface area (Å²) in [6.45, 7) is 8.88. The Hall–Kier alpha value is -8.14. The maximum Gasteiger partial charge on any atom is 0.414 e. The summed E-state index contributed by atoms with van der Waals surface area (Å²) < 4.78 is 29.4. The van der Waals surface area contributed by atoms with Crippen molar-refractivity contribution in [2.24, 2.45) is 16.1 Å². The van der Waals surface area contributed by atoms with Gasteiger partial charge >= 0.3 is 18.1 Å². The van der Waals surface area contributed by atoms with Crippen LogP contribution in [0.2, 0.25) is 0 Å². The highest BCUT2D eigenvalue weighted by Gasteiger charge is 2.52. The maximum atomic E-state index is 14.1. The summed E-state index contributed by atoms with van der Waals surface area (Å²) in [5.41, 5.74) is 7.05. The van der Waals surface area contributed by atoms with Gasteiger partial charge in [-0.2, -0.15) is 0 Å². The molecule has 5 aliphatic rings. The molecule has 0 aromatic heterocycles. The van der Waals surface area contributed by atoms with E-state index in [1.54, 1.807) is 53.6 Å². The summed E-state index contributed by atoms with van der Waals surface area (Å²) in [7, 11) is 2.95. The van der Waals surface area contributed by atoms with Gasteiger partial charge in [-0.1, -0.05) is 37.3 Å². The van der Waals surface area contributed by atoms with Gasteiger partial charge in [0.1, 0.15) is 18.1 Å². The lowest BCUT2D eigenvalue weighted by molar-refractivity contribution is -0.162. The molecule has 22 nitrogen and oxygen atoms in total. The van der Waals surface area contributed by atoms with Crippen LogP contribution in [0, 0.1) is 5.41 Å². The molecule has 3 fully saturated rings. The van der Waals surface area contributed by atoms with Crippen molar-refractivity contribution in [2.75, 3.05) is 63.8 Å². The minimum atomic E-state index is -1.61. The molecule has 3 aromatic carbocycles. The first kappa shape index (κ1) is 53.2. The maximum absolute atomic E-state index is 14.1. The molecule has 0 radical (unpaired) electrons. The van der Waals surface area contributed by atoms with Crippen LogP contribution in [0.1, 0.15) is 84.1 Å². The summed E-state index contributed by atoms with van der Waals surface area (Å²) in [5.74, 6) is -1.82. The van der Waals surface area contributed by atoms with Crippen molar-refractivity contribution >= 4 is 65.0 Å². The predicted molar refractivity (Wildman–Crippen MR) is 273 cm³/mol. The van der Waals surface area contributed by atoms with Gasteiger partial charge in [0.25, 0.3) is 11.8 Å². The van der Waals surface area contributed by atoms with Crippen molar-refractivity contribution in [2.45, 2.75) is 88.6 Å². The lowest BCUT2D eigenvalue weighted by atomic mass is 9.68. The number of nitrogens with two attached hydrogens (primary N) is 1. The van der Waals surface area contributed by atoms with E-state index in [0.29, 0.717) is 84.8 Å². The number of ether oxygens (including phenoxy) is 5. The molecule has 4 heterocycles. The number of aliphatic hydroxyl groups excluding tert-OH is 1. The monoisotopic (exact) mass is 1030 g/mol. The molecule has 8 rings (SSSR count). The van der Waals surface area contributed by atoms with Gasteiger partial charge in [-0.25, -0.2) is 9.59 Å². The predicted octanol–water partition coefficient (Wildman–Crippen LogP) is 4.84. The highest BCUT2D eigenvalue weighted by Crippen LogP contribution is 2.43. The first-order chi connectivity index (χ1) is 36.0. The fourth-order valence-corrected chi connectivity index (χ4v) is 9.76. The second kappa shape index (κ2) is 23.0. The third-order valence-electron chi connectivity index (χ3n) is 14.2. The standard InChI is InChI=1S/C53H62N8O14/c1-30-20-34-25-56-38-23-43(41(71-3)21-35(38)47(64)59(34)26-30)73-18-6-5-7-19-74-44-24-39-36(22-42(44)72-4)48(65)60-27-31(2)45(62)40(60)28-61(39)52(70)75-29-32-11-13-33(14-12-32)57-46(63)37(10-8-17-55-51(54)69)58-49(66)53(50(67)68)15-9-16-53/h11-14,21-25,34,37,40,45,62H,1-2,5-10,15-20,26-29H2,3-4H3,(H,57,63)(H,58,66)(H,67,68)(H3,54,55,69)/t34-,37-,40-,45?/m0/s1. The number of nitrogens with zero attached hydrogens (tertiary/aromatic N) is 4. The molecule has 0 spiro atoms. The van der Waals surface area contributed by atoms with E-state index >= 15 is 0 Å². The smallest absolute Gasteiger partial charge is 0.414 e. The normalized spacial score (nSPS) is 19.5. The zero-order valence-corrected chi connectivity index (χ0v) is 41.9. The van der Waals surface area contributed by atoms with Crippen molar-refractivity contribution in [3.8, 4) is 23.0 Å². The van der Waals surface area contributed by atoms with Crippen LogP contribution in [-0.2, 0) is 25.7 Å². The molecular weight excluding hydrogens is 973 g/mol. The van der Waals surface area contributed by atoms with Crippen molar-refractivity contribution in [1.82, 2.24) is 20.4 Å². The SMILES string of the molecule is C=C1C[C@H]2C=Nc3cc(OCCCCCOc4cc5c(cc4OC)C(=O)N4CC(=C)C(O)[C@@H]4CN5C(=O)OCc4ccc(NC(=O)[C@H](CCCNC(N)=O)NC(=O)C5(C(=O)O)CCC5)cc4)c(OC)cc3C(=O)N2C1. The molecule has 7 amide bonds. The molecule has 2 saturated heterocycles. The van der Waals surface area contributed by atoms with Gasteiger partial charge in [0.05, 0.1) is 74.7 Å². The van der Waals surface area contributed by atoms with Crippen LogP contribution in [0.3, 0.4) is 0 Å². The minimum absolute atomic E-state index is 0.0710. The number of anilines is 2. The Morgan fingerprint density at radius 3 is 2.17 bits per heavy atom. The lowest BCUT2D eigenvalue weighted by Crippen LogP contribution is -2.55. The van der Waals surface area contributed by atoms with E-state index in [4.69, 9.17) is 29.4 Å². The number of primary amides is 1. The first-order valence-corrected chi connectivity index (χ1v) is 24.8. The first-order valence-electron chi connectivity index (χ1n) is 24.8. The van der Waals surface area contributed by atoms with Crippen molar-refractivity contribution in [3.63, 3.8) is 0 Å². The summed E-state index contributed by atoms with van der Waals surface area (Å²) in [4.78, 5) is 101. The number of aliphatic hydroxyl groups is 1. The molecule has 4 atom stereocenters. The van der Waals surface area contributed by atoms with E-state index in [-0.39, 0.29) is 93.2 Å². The number of nitrogens with one attached hydrogen (secondary N) is 3. The molecule has 22 heteroatoms. The third kappa shape index (κ3) is 11.5. The van der Waals surface area contributed by atoms with Crippen molar-refractivity contribution in [1.29, 1.82) is 0 Å². The van der Waals surface area contributed by atoms with Crippen molar-refractivity contribution in [3.05, 3.63) is 89.5 Å². The number of carbonyl (C=O) groups is 7. The number of aliphatic imine (C=N–C) groups is 1. The number of rotatable bonds is 21. The number of carboxylic acid groups (broad SMARTS) is 1. The van der Waals surface area contributed by atoms with Crippen LogP contribution in [-0.4, -0.2) is 146 Å². The molecule has 1 unspecified atom stereocenters. The zero-order valence-electron chi connectivity index (χ0n) is 41.9. The average molecular weight is 1040 g/mol. The lowest BCUT2D eigenvalue weighted by Gasteiger charge is -2.36. The van der Waals surface area contributed by atoms with Crippen LogP contribution in [0.25, 0.3) is 0 Å². The Bertz CT molecular complexity index is 2790. The van der Waals surface area contributed by atoms with E-state index in [9.17, 15) is 43.8 Å². The Labute approximate surface area is 432 Å². The fourth-order valence-electron chi connectivity index (χ4n) is 9.76. The summed E-state index contributed by atoms with van der Waals surface area (Å²) in [6, 6.07) is 9.92. The Balaban J connectivity index is 0.890. The summed E-state index contributed by atoms with van der Waals surface area (Å²) in [5, 5.41) is 28.7. The van der Waals surface area contributed by atoms with Gasteiger partial charge in [-0.05, 0) is 86.8 Å². The minimum Gasteiger partial charge on any atom is -0.493 e. The number of amides is 7. The number of carboxylic acids is 1. The van der Waals surface area contributed by atoms with Gasteiger partial charge in [-0.3, -0.25) is 33.9 Å². The van der Waals surface area contributed by atoms with Gasteiger partial charge in [0, 0.05) is 43.7 Å². The molecule has 3 aromatic rings. The number of aliphatic carboxylic acids is 1. The highest BCUT2D eigenvalue weighted by molar-refractivity contribution is 6.07. The molecule has 4 aliphatic heterocycles. The van der Waals surface area contributed by atoms with E-state index in [2.05, 4.69) is 34.1 Å². The molecule has 398 valence electrons. The third-order valence-corrected chi connectivity index (χ3v) is 14.2. The quantitative estimate of drug-likeness (QED) is 0.0473. The number of urea groups is 1. The second-order valence-corrected chi connectivity index (χ2v) is 19.2. The molecule has 75 heavy (non-hydrogen) atoms. The van der Waals surface area contributed by atoms with Gasteiger partial charge < -0.3 is 65.4 Å². The number of methoxy groups -OCH3 is 2. The highest BCUT2D eigenvalue weighted by atomic mass is 16.6. The summed E-state index contributed by atoms with van der Waals surface area (Å²) in [6.07, 6.45) is 3.64. The second-order valence-electron chi connectivity index (χ2n) is 19.2. The average Bonchev–Trinajstić information content (AvgIpc) is 3.82. The van der Waals surface area contributed by atoms with Crippen LogP contribution < -0.4 is 45.5 Å². The Morgan fingerprint density at radius 2 is 1.53 bits per heavy atom. The van der Waals surface area contributed by atoms with Gasteiger partial charge in [0.2, 0.25) is 11.8 Å². The van der Waals surface area contributed by atoms with Crippen LogP contribution in [0.5, 0.6) is 23.0 Å². The molecule has 7 N–H and O–H groups in total. The number of carbonyl (C=O) groups excluding carboxylic acids is 6. The summed E-state index contributed by atoms with van der Waals surface area (Å²) >= 11 is 0. The molecule has 0 bridgehead atoms. The van der Waals surface area contributed by atoms with Crippen LogP contribution in [0.4, 0.5) is 26.7 Å². The number of benzene rings is 3. The Morgan fingerprint density at radius 1 is 0.867 bits per heavy atom. The Kier molecular flexibility index (Phi) is 16.3. The number of hydrogen-bond donors (Lipinski definition) is 6. The van der Waals surface area contributed by atoms with Crippen LogP contribution in [0.15, 0.2) is 77.8 Å². The van der Waals surface area contributed by atoms with E-state index in [1.165, 1.54) is 30.1 Å². The van der Waals surface area contributed by atoms with Crippen LogP contribution >= 0.6 is 0 Å². The number of fused-ring (bicyclic) bond motifs is 4. The topological polar surface area (TPSA) is 290 Å². The molecular formula is C53H62N8O14. The van der Waals surface area contributed by atoms with E-state index in [0.717, 1.165) is 5.57 Å². The van der Waals surface area contributed by atoms with Crippen molar-refractivity contribution < 1.29 is 67.5 Å². The molecule has 1 aliphatic carbocycles.